The lowest BCUT2D eigenvalue weighted by Gasteiger charge is -2.15. The standard InChI is InChI=1S/C19H22N2O6/c22-11-16-15(23)9-17(27-16)21-10-14(18(24)20-19(21)25)12-26-8-4-7-13-5-2-1-3-6-13/h1-7,10,15-17,22-23H,8-9,11-12H2,(H,20,24,25)/b7-4+/t15-,16-,17-/m1/s1. The third-order valence-electron chi connectivity index (χ3n) is 4.32. The van der Waals surface area contributed by atoms with E-state index in [1.54, 1.807) is 0 Å². The highest BCUT2D eigenvalue weighted by atomic mass is 16.5. The molecular formula is C19H22N2O6. The number of rotatable bonds is 7. The molecule has 8 heteroatoms. The molecule has 1 fully saturated rings. The van der Waals surface area contributed by atoms with Gasteiger partial charge in [0.25, 0.3) is 5.56 Å². The fourth-order valence-corrected chi connectivity index (χ4v) is 2.88. The van der Waals surface area contributed by atoms with Gasteiger partial charge in [0.1, 0.15) is 12.3 Å². The molecule has 1 aromatic heterocycles. The fraction of sp³-hybridized carbons (Fsp3) is 0.368. The van der Waals surface area contributed by atoms with Gasteiger partial charge in [-0.25, -0.2) is 4.79 Å². The number of nitrogens with zero attached hydrogens (tertiary/aromatic N) is 1. The Hall–Kier alpha value is -2.52. The monoisotopic (exact) mass is 374 g/mol. The summed E-state index contributed by atoms with van der Waals surface area (Å²) in [6.07, 6.45) is 2.89. The Kier molecular flexibility index (Phi) is 6.36. The van der Waals surface area contributed by atoms with Crippen molar-refractivity contribution in [2.45, 2.75) is 31.5 Å². The van der Waals surface area contributed by atoms with Gasteiger partial charge in [-0.2, -0.15) is 0 Å². The summed E-state index contributed by atoms with van der Waals surface area (Å²) in [5.41, 5.74) is 0.153. The first kappa shape index (κ1) is 19.2. The molecule has 1 saturated heterocycles. The summed E-state index contributed by atoms with van der Waals surface area (Å²) in [6.45, 7) is -0.0222. The van der Waals surface area contributed by atoms with Gasteiger partial charge in [-0.3, -0.25) is 14.3 Å². The van der Waals surface area contributed by atoms with Gasteiger partial charge in [0.15, 0.2) is 0 Å². The highest BCUT2D eigenvalue weighted by molar-refractivity contribution is 5.48. The zero-order chi connectivity index (χ0) is 19.2. The van der Waals surface area contributed by atoms with E-state index in [-0.39, 0.29) is 25.2 Å². The molecule has 1 aromatic carbocycles. The highest BCUT2D eigenvalue weighted by Gasteiger charge is 2.35. The largest absolute Gasteiger partial charge is 0.394 e. The minimum absolute atomic E-state index is 0.0213. The van der Waals surface area contributed by atoms with Crippen LogP contribution >= 0.6 is 0 Å². The molecule has 144 valence electrons. The second-order valence-electron chi connectivity index (χ2n) is 6.26. The first-order valence-corrected chi connectivity index (χ1v) is 8.66. The number of hydrogen-bond acceptors (Lipinski definition) is 6. The van der Waals surface area contributed by atoms with Crippen molar-refractivity contribution in [1.29, 1.82) is 0 Å². The van der Waals surface area contributed by atoms with Gasteiger partial charge in [0.05, 0.1) is 31.5 Å². The number of H-pyrrole nitrogens is 1. The molecule has 0 bridgehead atoms. The van der Waals surface area contributed by atoms with Crippen molar-refractivity contribution in [2.75, 3.05) is 13.2 Å². The van der Waals surface area contributed by atoms with Crippen LogP contribution in [0.2, 0.25) is 0 Å². The van der Waals surface area contributed by atoms with Crippen LogP contribution < -0.4 is 11.2 Å². The van der Waals surface area contributed by atoms with Gasteiger partial charge in [-0.05, 0) is 5.56 Å². The lowest BCUT2D eigenvalue weighted by Crippen LogP contribution is -2.34. The molecule has 1 aliphatic rings. The Labute approximate surface area is 155 Å². The molecule has 0 saturated carbocycles. The third kappa shape index (κ3) is 4.81. The van der Waals surface area contributed by atoms with E-state index in [0.29, 0.717) is 6.61 Å². The molecule has 0 aliphatic carbocycles. The summed E-state index contributed by atoms with van der Waals surface area (Å²) in [6, 6.07) is 9.74. The molecule has 2 aromatic rings. The molecule has 3 rings (SSSR count). The molecule has 27 heavy (non-hydrogen) atoms. The lowest BCUT2D eigenvalue weighted by molar-refractivity contribution is -0.0461. The van der Waals surface area contributed by atoms with E-state index in [1.807, 2.05) is 42.5 Å². The van der Waals surface area contributed by atoms with Crippen LogP contribution in [0.3, 0.4) is 0 Å². The van der Waals surface area contributed by atoms with E-state index in [9.17, 15) is 14.7 Å². The van der Waals surface area contributed by atoms with E-state index >= 15 is 0 Å². The topological polar surface area (TPSA) is 114 Å². The predicted molar refractivity (Wildman–Crippen MR) is 98.1 cm³/mol. The first-order chi connectivity index (χ1) is 13.1. The quantitative estimate of drug-likeness (QED) is 0.605. The zero-order valence-electron chi connectivity index (χ0n) is 14.7. The normalized spacial score (nSPS) is 22.5. The second-order valence-corrected chi connectivity index (χ2v) is 6.26. The molecule has 0 amide bonds. The van der Waals surface area contributed by atoms with E-state index in [4.69, 9.17) is 14.6 Å². The molecule has 3 atom stereocenters. The number of aromatic nitrogens is 2. The van der Waals surface area contributed by atoms with Crippen molar-refractivity contribution < 1.29 is 19.7 Å². The number of aliphatic hydroxyl groups excluding tert-OH is 2. The third-order valence-corrected chi connectivity index (χ3v) is 4.32. The van der Waals surface area contributed by atoms with Gasteiger partial charge in [0.2, 0.25) is 0 Å². The second kappa shape index (κ2) is 8.92. The molecule has 2 heterocycles. The number of aromatic amines is 1. The molecule has 0 unspecified atom stereocenters. The number of benzene rings is 1. The molecule has 0 spiro atoms. The van der Waals surface area contributed by atoms with Crippen LogP contribution in [0.15, 0.2) is 52.2 Å². The average molecular weight is 374 g/mol. The van der Waals surface area contributed by atoms with Crippen LogP contribution in [0.1, 0.15) is 23.8 Å². The lowest BCUT2D eigenvalue weighted by atomic mass is 10.2. The molecule has 3 N–H and O–H groups in total. The smallest absolute Gasteiger partial charge is 0.330 e. The summed E-state index contributed by atoms with van der Waals surface area (Å²) >= 11 is 0. The molecule has 1 aliphatic heterocycles. The maximum Gasteiger partial charge on any atom is 0.330 e. The Balaban J connectivity index is 1.63. The summed E-state index contributed by atoms with van der Waals surface area (Å²) in [5, 5.41) is 19.0. The van der Waals surface area contributed by atoms with Gasteiger partial charge >= 0.3 is 5.69 Å². The maximum absolute atomic E-state index is 12.0. The fourth-order valence-electron chi connectivity index (χ4n) is 2.88. The number of aliphatic hydroxyl groups is 2. The summed E-state index contributed by atoms with van der Waals surface area (Å²) < 4.78 is 12.2. The van der Waals surface area contributed by atoms with Crippen molar-refractivity contribution >= 4 is 6.08 Å². The summed E-state index contributed by atoms with van der Waals surface area (Å²) in [4.78, 5) is 26.3. The van der Waals surface area contributed by atoms with Gasteiger partial charge in [-0.1, -0.05) is 42.5 Å². The number of hydrogen-bond donors (Lipinski definition) is 3. The van der Waals surface area contributed by atoms with Crippen molar-refractivity contribution in [3.05, 3.63) is 74.6 Å². The Morgan fingerprint density at radius 2 is 2.07 bits per heavy atom. The molecular weight excluding hydrogens is 352 g/mol. The number of nitrogens with one attached hydrogen (secondary N) is 1. The first-order valence-electron chi connectivity index (χ1n) is 8.66. The Bertz CT molecular complexity index is 889. The summed E-state index contributed by atoms with van der Waals surface area (Å²) in [5.74, 6) is 0. The van der Waals surface area contributed by atoms with E-state index in [2.05, 4.69) is 4.98 Å². The highest BCUT2D eigenvalue weighted by Crippen LogP contribution is 2.27. The van der Waals surface area contributed by atoms with Crippen LogP contribution in [0.5, 0.6) is 0 Å². The molecule has 0 radical (unpaired) electrons. The minimum atomic E-state index is -0.873. The van der Waals surface area contributed by atoms with Gasteiger partial charge in [0, 0.05) is 12.6 Å². The van der Waals surface area contributed by atoms with Crippen LogP contribution in [-0.4, -0.2) is 45.2 Å². The molecule has 8 nitrogen and oxygen atoms in total. The maximum atomic E-state index is 12.0. The zero-order valence-corrected chi connectivity index (χ0v) is 14.7. The summed E-state index contributed by atoms with van der Waals surface area (Å²) in [7, 11) is 0. The van der Waals surface area contributed by atoms with Gasteiger partial charge in [-0.15, -0.1) is 0 Å². The van der Waals surface area contributed by atoms with E-state index in [0.717, 1.165) is 5.56 Å². The van der Waals surface area contributed by atoms with Crippen molar-refractivity contribution in [3.8, 4) is 0 Å². The van der Waals surface area contributed by atoms with Crippen molar-refractivity contribution in [1.82, 2.24) is 9.55 Å². The van der Waals surface area contributed by atoms with Crippen LogP contribution in [0, 0.1) is 0 Å². The number of ether oxygens (including phenoxy) is 2. The average Bonchev–Trinajstić information content (AvgIpc) is 3.04. The van der Waals surface area contributed by atoms with Gasteiger partial charge < -0.3 is 19.7 Å². The van der Waals surface area contributed by atoms with Crippen LogP contribution in [0.25, 0.3) is 6.08 Å². The predicted octanol–water partition coefficient (Wildman–Crippen LogP) is 0.407. The van der Waals surface area contributed by atoms with Crippen LogP contribution in [0.4, 0.5) is 0 Å². The van der Waals surface area contributed by atoms with E-state index in [1.165, 1.54) is 10.8 Å². The Morgan fingerprint density at radius 3 is 2.78 bits per heavy atom. The SMILES string of the molecule is O=c1[nH]c(=O)n([C@H]2C[C@@H](O)[C@@H](CO)O2)cc1COC/C=C/c1ccccc1. The minimum Gasteiger partial charge on any atom is -0.394 e. The van der Waals surface area contributed by atoms with E-state index < -0.39 is 29.7 Å². The van der Waals surface area contributed by atoms with Crippen LogP contribution in [-0.2, 0) is 16.1 Å². The van der Waals surface area contributed by atoms with Crippen molar-refractivity contribution in [3.63, 3.8) is 0 Å². The van der Waals surface area contributed by atoms with Crippen molar-refractivity contribution in [2.24, 2.45) is 0 Å². The Morgan fingerprint density at radius 1 is 1.30 bits per heavy atom.